The fourth-order valence-corrected chi connectivity index (χ4v) is 2.59. The second-order valence-electron chi connectivity index (χ2n) is 5.11. The van der Waals surface area contributed by atoms with E-state index in [2.05, 4.69) is 60.6 Å². The molecule has 0 bridgehead atoms. The zero-order valence-electron chi connectivity index (χ0n) is 10.9. The Morgan fingerprint density at radius 1 is 1.06 bits per heavy atom. The van der Waals surface area contributed by atoms with Crippen LogP contribution in [0.5, 0.6) is 0 Å². The number of fused-ring (bicyclic) bond motifs is 3. The molecule has 1 N–H and O–H groups in total. The fraction of sp³-hybridized carbons (Fsp3) is 0.312. The normalized spacial score (nSPS) is 16.9. The predicted octanol–water partition coefficient (Wildman–Crippen LogP) is 4.00. The van der Waals surface area contributed by atoms with Gasteiger partial charge in [0.15, 0.2) is 0 Å². The van der Waals surface area contributed by atoms with Crippen LogP contribution in [0.2, 0.25) is 0 Å². The standard InChI is InChI=1S/C16H18N2/c1-11(2)17-16-10-8-14-13-6-4-3-5-12(13)7-9-15(14)18-16/h3-7,9,11H,8,10H2,1-2H3,(H,17,18). The van der Waals surface area contributed by atoms with Gasteiger partial charge in [-0.3, -0.25) is 4.99 Å². The second kappa shape index (κ2) is 4.45. The number of hydrogen-bond donors (Lipinski definition) is 1. The largest absolute Gasteiger partial charge is 0.344 e. The van der Waals surface area contributed by atoms with Gasteiger partial charge in [-0.1, -0.05) is 30.3 Å². The molecule has 2 nitrogen and oxygen atoms in total. The summed E-state index contributed by atoms with van der Waals surface area (Å²) in [4.78, 5) is 4.62. The van der Waals surface area contributed by atoms with Crippen molar-refractivity contribution in [2.45, 2.75) is 32.7 Å². The van der Waals surface area contributed by atoms with Crippen LogP contribution in [0.25, 0.3) is 10.8 Å². The Kier molecular flexibility index (Phi) is 2.78. The maximum absolute atomic E-state index is 4.62. The van der Waals surface area contributed by atoms with Crippen molar-refractivity contribution < 1.29 is 0 Å². The summed E-state index contributed by atoms with van der Waals surface area (Å²) in [5.41, 5.74) is 2.65. The number of amidine groups is 1. The van der Waals surface area contributed by atoms with E-state index in [0.717, 1.165) is 18.7 Å². The van der Waals surface area contributed by atoms with E-state index in [9.17, 15) is 0 Å². The van der Waals surface area contributed by atoms with Crippen molar-refractivity contribution >= 4 is 22.3 Å². The van der Waals surface area contributed by atoms with Crippen LogP contribution < -0.4 is 5.32 Å². The number of rotatable bonds is 1. The Labute approximate surface area is 108 Å². The molecule has 0 aromatic heterocycles. The Morgan fingerprint density at radius 3 is 2.72 bits per heavy atom. The Morgan fingerprint density at radius 2 is 1.89 bits per heavy atom. The summed E-state index contributed by atoms with van der Waals surface area (Å²) >= 11 is 0. The van der Waals surface area contributed by atoms with Crippen LogP contribution in [0, 0.1) is 0 Å². The van der Waals surface area contributed by atoms with Crippen LogP contribution in [-0.2, 0) is 6.42 Å². The first-order valence-corrected chi connectivity index (χ1v) is 6.58. The van der Waals surface area contributed by atoms with Gasteiger partial charge in [-0.05, 0) is 42.7 Å². The summed E-state index contributed by atoms with van der Waals surface area (Å²) in [5, 5.41) is 6.16. The topological polar surface area (TPSA) is 24.4 Å². The highest BCUT2D eigenvalue weighted by Crippen LogP contribution is 2.30. The first-order chi connectivity index (χ1) is 8.74. The van der Waals surface area contributed by atoms with Crippen molar-refractivity contribution in [1.29, 1.82) is 0 Å². The number of nitrogens with one attached hydrogen (secondary N) is 1. The van der Waals surface area contributed by atoms with Gasteiger partial charge in [0.2, 0.25) is 0 Å². The lowest BCUT2D eigenvalue weighted by molar-refractivity contribution is 0.823. The molecule has 0 aliphatic carbocycles. The molecule has 2 aromatic rings. The lowest BCUT2D eigenvalue weighted by Crippen LogP contribution is -2.21. The molecule has 0 saturated heterocycles. The predicted molar refractivity (Wildman–Crippen MR) is 78.5 cm³/mol. The molecule has 0 unspecified atom stereocenters. The lowest BCUT2D eigenvalue weighted by Gasteiger charge is -2.22. The molecule has 1 aliphatic heterocycles. The Bertz CT molecular complexity index is 612. The van der Waals surface area contributed by atoms with E-state index in [0.29, 0.717) is 6.04 Å². The molecule has 18 heavy (non-hydrogen) atoms. The van der Waals surface area contributed by atoms with E-state index in [-0.39, 0.29) is 0 Å². The Balaban J connectivity index is 2.06. The Hall–Kier alpha value is -1.83. The second-order valence-corrected chi connectivity index (χ2v) is 5.11. The zero-order valence-corrected chi connectivity index (χ0v) is 10.9. The summed E-state index contributed by atoms with van der Waals surface area (Å²) in [6, 6.07) is 13.3. The van der Waals surface area contributed by atoms with E-state index in [1.807, 2.05) is 0 Å². The molecule has 92 valence electrons. The van der Waals surface area contributed by atoms with Crippen LogP contribution >= 0.6 is 0 Å². The van der Waals surface area contributed by atoms with Crippen molar-refractivity contribution in [3.8, 4) is 0 Å². The lowest BCUT2D eigenvalue weighted by atomic mass is 9.96. The van der Waals surface area contributed by atoms with Gasteiger partial charge in [0.25, 0.3) is 0 Å². The maximum atomic E-state index is 4.62. The van der Waals surface area contributed by atoms with Crippen LogP contribution in [0.4, 0.5) is 5.69 Å². The smallest absolute Gasteiger partial charge is 0.101 e. The first-order valence-electron chi connectivity index (χ1n) is 6.58. The molecule has 0 amide bonds. The van der Waals surface area contributed by atoms with Crippen molar-refractivity contribution in [3.63, 3.8) is 0 Å². The van der Waals surface area contributed by atoms with Crippen molar-refractivity contribution in [3.05, 3.63) is 42.0 Å². The molecule has 2 aromatic carbocycles. The highest BCUT2D eigenvalue weighted by atomic mass is 15.0. The molecule has 0 spiro atoms. The zero-order chi connectivity index (χ0) is 12.5. The van der Waals surface area contributed by atoms with Gasteiger partial charge >= 0.3 is 0 Å². The van der Waals surface area contributed by atoms with Crippen LogP contribution in [0.3, 0.4) is 0 Å². The van der Waals surface area contributed by atoms with Gasteiger partial charge in [0.05, 0.1) is 0 Å². The number of aryl methyl sites for hydroxylation is 1. The number of anilines is 1. The minimum absolute atomic E-state index is 0.356. The molecule has 2 heteroatoms. The van der Waals surface area contributed by atoms with Gasteiger partial charge in [0, 0.05) is 18.2 Å². The summed E-state index contributed by atoms with van der Waals surface area (Å²) in [6.07, 6.45) is 2.09. The number of aliphatic imine (C=N–C) groups is 1. The highest BCUT2D eigenvalue weighted by Gasteiger charge is 2.15. The number of nitrogens with zero attached hydrogens (tertiary/aromatic N) is 1. The monoisotopic (exact) mass is 238 g/mol. The molecule has 1 heterocycles. The number of benzene rings is 2. The fourth-order valence-electron chi connectivity index (χ4n) is 2.59. The van der Waals surface area contributed by atoms with E-state index in [1.165, 1.54) is 22.0 Å². The summed E-state index contributed by atoms with van der Waals surface area (Å²) in [5.74, 6) is 1.12. The highest BCUT2D eigenvalue weighted by molar-refractivity contribution is 6.02. The van der Waals surface area contributed by atoms with Gasteiger partial charge < -0.3 is 5.32 Å². The maximum Gasteiger partial charge on any atom is 0.101 e. The molecule has 1 aliphatic rings. The third kappa shape index (κ3) is 1.99. The van der Waals surface area contributed by atoms with Crippen molar-refractivity contribution in [1.82, 2.24) is 0 Å². The minimum atomic E-state index is 0.356. The minimum Gasteiger partial charge on any atom is -0.344 e. The third-order valence-corrected chi connectivity index (χ3v) is 3.35. The van der Waals surface area contributed by atoms with E-state index < -0.39 is 0 Å². The van der Waals surface area contributed by atoms with Gasteiger partial charge in [0.1, 0.15) is 5.84 Å². The average molecular weight is 238 g/mol. The van der Waals surface area contributed by atoms with Gasteiger partial charge in [-0.15, -0.1) is 0 Å². The van der Waals surface area contributed by atoms with Crippen LogP contribution in [-0.4, -0.2) is 11.9 Å². The molecular formula is C16H18N2. The SMILES string of the molecule is CC(C)N=C1CCc2c(ccc3ccccc23)N1. The molecule has 0 atom stereocenters. The van der Waals surface area contributed by atoms with Crippen molar-refractivity contribution in [2.24, 2.45) is 4.99 Å². The average Bonchev–Trinajstić information content (AvgIpc) is 2.37. The number of hydrogen-bond acceptors (Lipinski definition) is 1. The quantitative estimate of drug-likeness (QED) is 0.797. The first kappa shape index (κ1) is 11.3. The van der Waals surface area contributed by atoms with E-state index in [4.69, 9.17) is 0 Å². The summed E-state index contributed by atoms with van der Waals surface area (Å²) in [6.45, 7) is 4.23. The molecule has 3 rings (SSSR count). The molecule has 0 saturated carbocycles. The molecular weight excluding hydrogens is 220 g/mol. The van der Waals surface area contributed by atoms with Gasteiger partial charge in [-0.2, -0.15) is 0 Å². The third-order valence-electron chi connectivity index (χ3n) is 3.35. The van der Waals surface area contributed by atoms with Gasteiger partial charge in [-0.25, -0.2) is 0 Å². The molecule has 0 radical (unpaired) electrons. The van der Waals surface area contributed by atoms with Crippen LogP contribution in [0.15, 0.2) is 41.4 Å². The van der Waals surface area contributed by atoms with Crippen LogP contribution in [0.1, 0.15) is 25.8 Å². The molecule has 0 fully saturated rings. The van der Waals surface area contributed by atoms with E-state index in [1.54, 1.807) is 0 Å². The summed E-state index contributed by atoms with van der Waals surface area (Å²) in [7, 11) is 0. The van der Waals surface area contributed by atoms with E-state index >= 15 is 0 Å². The van der Waals surface area contributed by atoms with Crippen molar-refractivity contribution in [2.75, 3.05) is 5.32 Å². The summed E-state index contributed by atoms with van der Waals surface area (Å²) < 4.78 is 0.